The third-order valence-corrected chi connectivity index (χ3v) is 2.80. The first-order valence-corrected chi connectivity index (χ1v) is 4.73. The largest absolute Gasteiger partial charge is 0.376 e. The van der Waals surface area contributed by atoms with Gasteiger partial charge in [-0.25, -0.2) is 0 Å². The van der Waals surface area contributed by atoms with Gasteiger partial charge in [0.15, 0.2) is 0 Å². The van der Waals surface area contributed by atoms with E-state index >= 15 is 0 Å². The number of hydrogen-bond donors (Lipinski definition) is 1. The van der Waals surface area contributed by atoms with Crippen molar-refractivity contribution >= 4 is 5.69 Å². The van der Waals surface area contributed by atoms with Crippen molar-refractivity contribution in [3.63, 3.8) is 0 Å². The molecule has 0 aliphatic carbocycles. The molecule has 1 heteroatoms. The first-order chi connectivity index (χ1) is 6.23. The number of benzene rings is 1. The Bertz CT molecular complexity index is 330. The van der Waals surface area contributed by atoms with Crippen LogP contribution in [0.4, 0.5) is 5.69 Å². The molecule has 1 aliphatic heterocycles. The van der Waals surface area contributed by atoms with Gasteiger partial charge in [-0.1, -0.05) is 24.3 Å². The van der Waals surface area contributed by atoms with Gasteiger partial charge in [-0.05, 0) is 31.4 Å². The molecule has 68 valence electrons. The molecule has 1 aliphatic rings. The van der Waals surface area contributed by atoms with Crippen LogP contribution >= 0.6 is 0 Å². The lowest BCUT2D eigenvalue weighted by Crippen LogP contribution is -2.36. The van der Waals surface area contributed by atoms with E-state index in [0.717, 1.165) is 12.8 Å². The minimum atomic E-state index is 0.0777. The second-order valence-electron chi connectivity index (χ2n) is 3.90. The first kappa shape index (κ1) is 8.36. The standard InChI is InChI=1S/C12H15N/c1-3-12(2)9-8-10-6-4-5-7-11(10)13-12/h3-7,13H,1,8-9H2,2H3. The van der Waals surface area contributed by atoms with Crippen molar-refractivity contribution in [1.82, 2.24) is 0 Å². The lowest BCUT2D eigenvalue weighted by Gasteiger charge is -2.34. The van der Waals surface area contributed by atoms with E-state index in [1.54, 1.807) is 0 Å². The van der Waals surface area contributed by atoms with E-state index in [9.17, 15) is 0 Å². The van der Waals surface area contributed by atoms with E-state index in [1.165, 1.54) is 11.3 Å². The number of aryl methyl sites for hydroxylation is 1. The summed E-state index contributed by atoms with van der Waals surface area (Å²) in [6, 6.07) is 8.49. The van der Waals surface area contributed by atoms with Crippen molar-refractivity contribution in [2.75, 3.05) is 5.32 Å². The Morgan fingerprint density at radius 2 is 2.23 bits per heavy atom. The molecule has 1 heterocycles. The van der Waals surface area contributed by atoms with E-state index in [-0.39, 0.29) is 5.54 Å². The molecule has 0 fully saturated rings. The molecule has 0 saturated heterocycles. The van der Waals surface area contributed by atoms with Crippen LogP contribution in [0.3, 0.4) is 0 Å². The van der Waals surface area contributed by atoms with Gasteiger partial charge in [0.1, 0.15) is 0 Å². The Hall–Kier alpha value is -1.24. The molecule has 0 aromatic heterocycles. The molecule has 13 heavy (non-hydrogen) atoms. The highest BCUT2D eigenvalue weighted by atomic mass is 15.0. The topological polar surface area (TPSA) is 12.0 Å². The normalized spacial score (nSPS) is 25.9. The van der Waals surface area contributed by atoms with Crippen LogP contribution < -0.4 is 5.32 Å². The zero-order valence-corrected chi connectivity index (χ0v) is 8.01. The fraction of sp³-hybridized carbons (Fsp3) is 0.333. The highest BCUT2D eigenvalue weighted by molar-refractivity contribution is 5.56. The molecular weight excluding hydrogens is 158 g/mol. The number of anilines is 1. The average Bonchev–Trinajstić information content (AvgIpc) is 2.18. The molecule has 1 aromatic carbocycles. The summed E-state index contributed by atoms with van der Waals surface area (Å²) in [5, 5.41) is 3.50. The zero-order chi connectivity index (χ0) is 9.31. The summed E-state index contributed by atoms with van der Waals surface area (Å²) >= 11 is 0. The summed E-state index contributed by atoms with van der Waals surface area (Å²) in [7, 11) is 0. The SMILES string of the molecule is C=CC1(C)CCc2ccccc2N1. The van der Waals surface area contributed by atoms with E-state index < -0.39 is 0 Å². The molecule has 1 unspecified atom stereocenters. The zero-order valence-electron chi connectivity index (χ0n) is 8.01. The lowest BCUT2D eigenvalue weighted by molar-refractivity contribution is 0.558. The molecule has 1 aromatic rings. The van der Waals surface area contributed by atoms with Crippen LogP contribution in [0.2, 0.25) is 0 Å². The molecule has 1 atom stereocenters. The van der Waals surface area contributed by atoms with Gasteiger partial charge in [-0.15, -0.1) is 6.58 Å². The Morgan fingerprint density at radius 3 is 3.00 bits per heavy atom. The van der Waals surface area contributed by atoms with E-state index in [1.807, 2.05) is 6.08 Å². The number of para-hydroxylation sites is 1. The Kier molecular flexibility index (Phi) is 1.87. The molecule has 1 nitrogen and oxygen atoms in total. The van der Waals surface area contributed by atoms with Crippen molar-refractivity contribution in [1.29, 1.82) is 0 Å². The van der Waals surface area contributed by atoms with E-state index in [2.05, 4.69) is 43.1 Å². The van der Waals surface area contributed by atoms with Gasteiger partial charge in [-0.2, -0.15) is 0 Å². The van der Waals surface area contributed by atoms with Crippen molar-refractivity contribution in [2.24, 2.45) is 0 Å². The van der Waals surface area contributed by atoms with Crippen molar-refractivity contribution < 1.29 is 0 Å². The van der Waals surface area contributed by atoms with Gasteiger partial charge in [0.25, 0.3) is 0 Å². The monoisotopic (exact) mass is 173 g/mol. The number of rotatable bonds is 1. The Balaban J connectivity index is 2.34. The molecule has 2 rings (SSSR count). The predicted octanol–water partition coefficient (Wildman–Crippen LogP) is 2.99. The average molecular weight is 173 g/mol. The first-order valence-electron chi connectivity index (χ1n) is 4.73. The summed E-state index contributed by atoms with van der Waals surface area (Å²) in [5.74, 6) is 0. The maximum absolute atomic E-state index is 3.87. The summed E-state index contributed by atoms with van der Waals surface area (Å²) in [4.78, 5) is 0. The van der Waals surface area contributed by atoms with Gasteiger partial charge in [0.05, 0.1) is 5.54 Å². The molecule has 1 N–H and O–H groups in total. The third-order valence-electron chi connectivity index (χ3n) is 2.80. The van der Waals surface area contributed by atoms with Crippen molar-refractivity contribution in [3.8, 4) is 0 Å². The molecule has 0 saturated carbocycles. The predicted molar refractivity (Wildman–Crippen MR) is 57.0 cm³/mol. The summed E-state index contributed by atoms with van der Waals surface area (Å²) in [6.45, 7) is 6.06. The Morgan fingerprint density at radius 1 is 1.46 bits per heavy atom. The van der Waals surface area contributed by atoms with Crippen LogP contribution in [0, 0.1) is 0 Å². The number of hydrogen-bond acceptors (Lipinski definition) is 1. The maximum Gasteiger partial charge on any atom is 0.0528 e. The fourth-order valence-corrected chi connectivity index (χ4v) is 1.78. The van der Waals surface area contributed by atoms with Crippen LogP contribution in [0.25, 0.3) is 0 Å². The smallest absolute Gasteiger partial charge is 0.0528 e. The number of nitrogens with one attached hydrogen (secondary N) is 1. The van der Waals surface area contributed by atoms with Gasteiger partial charge in [0, 0.05) is 5.69 Å². The van der Waals surface area contributed by atoms with Gasteiger partial charge in [-0.3, -0.25) is 0 Å². The van der Waals surface area contributed by atoms with Crippen LogP contribution in [0.15, 0.2) is 36.9 Å². The summed E-state index contributed by atoms with van der Waals surface area (Å²) in [6.07, 6.45) is 4.28. The van der Waals surface area contributed by atoms with E-state index in [4.69, 9.17) is 0 Å². The molecular formula is C12H15N. The minimum Gasteiger partial charge on any atom is -0.376 e. The summed E-state index contributed by atoms with van der Waals surface area (Å²) in [5.41, 5.74) is 2.76. The maximum atomic E-state index is 3.87. The van der Waals surface area contributed by atoms with Gasteiger partial charge in [0.2, 0.25) is 0 Å². The third kappa shape index (κ3) is 1.46. The quantitative estimate of drug-likeness (QED) is 0.644. The van der Waals surface area contributed by atoms with Crippen LogP contribution in [-0.4, -0.2) is 5.54 Å². The van der Waals surface area contributed by atoms with Crippen LogP contribution in [0.5, 0.6) is 0 Å². The van der Waals surface area contributed by atoms with Crippen molar-refractivity contribution in [3.05, 3.63) is 42.5 Å². The molecule has 0 spiro atoms. The van der Waals surface area contributed by atoms with Crippen LogP contribution in [-0.2, 0) is 6.42 Å². The second kappa shape index (κ2) is 2.91. The molecule has 0 radical (unpaired) electrons. The molecule has 0 amide bonds. The second-order valence-corrected chi connectivity index (χ2v) is 3.90. The van der Waals surface area contributed by atoms with Crippen molar-refractivity contribution in [2.45, 2.75) is 25.3 Å². The highest BCUT2D eigenvalue weighted by Crippen LogP contribution is 2.30. The van der Waals surface area contributed by atoms with Gasteiger partial charge >= 0.3 is 0 Å². The minimum absolute atomic E-state index is 0.0777. The molecule has 0 bridgehead atoms. The van der Waals surface area contributed by atoms with Gasteiger partial charge < -0.3 is 5.32 Å². The fourth-order valence-electron chi connectivity index (χ4n) is 1.78. The highest BCUT2D eigenvalue weighted by Gasteiger charge is 2.24. The summed E-state index contributed by atoms with van der Waals surface area (Å²) < 4.78 is 0. The number of fused-ring (bicyclic) bond motifs is 1. The van der Waals surface area contributed by atoms with E-state index in [0.29, 0.717) is 0 Å². The Labute approximate surface area is 79.5 Å². The van der Waals surface area contributed by atoms with Crippen LogP contribution in [0.1, 0.15) is 18.9 Å². The lowest BCUT2D eigenvalue weighted by atomic mass is 9.88.